The van der Waals surface area contributed by atoms with Gasteiger partial charge in [-0.05, 0) is 25.2 Å². The average Bonchev–Trinajstić information content (AvgIpc) is 2.87. The molecule has 17 heavy (non-hydrogen) atoms. The van der Waals surface area contributed by atoms with Gasteiger partial charge in [-0.2, -0.15) is 0 Å². The van der Waals surface area contributed by atoms with Gasteiger partial charge < -0.3 is 9.52 Å². The molecule has 0 spiro atoms. The van der Waals surface area contributed by atoms with Crippen LogP contribution in [0.2, 0.25) is 0 Å². The van der Waals surface area contributed by atoms with Crippen LogP contribution in [0.3, 0.4) is 0 Å². The van der Waals surface area contributed by atoms with Gasteiger partial charge in [0.2, 0.25) is 10.0 Å². The van der Waals surface area contributed by atoms with E-state index in [1.165, 1.54) is 6.07 Å². The highest BCUT2D eigenvalue weighted by Crippen LogP contribution is 2.44. The van der Waals surface area contributed by atoms with Gasteiger partial charge in [0.15, 0.2) is 0 Å². The maximum atomic E-state index is 12.0. The van der Waals surface area contributed by atoms with Crippen molar-refractivity contribution in [1.29, 1.82) is 0 Å². The predicted molar refractivity (Wildman–Crippen MR) is 61.9 cm³/mol. The summed E-state index contributed by atoms with van der Waals surface area (Å²) in [7, 11) is -3.53. The summed E-state index contributed by atoms with van der Waals surface area (Å²) in [5.74, 6) is 0.572. The number of rotatable bonds is 5. The maximum absolute atomic E-state index is 12.0. The third kappa shape index (κ3) is 2.70. The number of aliphatic hydroxyl groups is 1. The third-order valence-corrected chi connectivity index (χ3v) is 4.67. The van der Waals surface area contributed by atoms with Crippen molar-refractivity contribution in [2.45, 2.75) is 38.2 Å². The Morgan fingerprint density at radius 2 is 2.18 bits per heavy atom. The van der Waals surface area contributed by atoms with E-state index < -0.39 is 10.0 Å². The minimum Gasteiger partial charge on any atom is -0.462 e. The fraction of sp³-hybridized carbons (Fsp3) is 0.636. The van der Waals surface area contributed by atoms with Gasteiger partial charge in [0.1, 0.15) is 23.0 Å². The van der Waals surface area contributed by atoms with Crippen LogP contribution >= 0.6 is 0 Å². The van der Waals surface area contributed by atoms with E-state index in [2.05, 4.69) is 11.6 Å². The summed E-state index contributed by atoms with van der Waals surface area (Å²) >= 11 is 0. The molecule has 1 aromatic rings. The molecule has 2 rings (SSSR count). The number of hydrogen-bond donors (Lipinski definition) is 2. The number of sulfonamides is 1. The lowest BCUT2D eigenvalue weighted by Gasteiger charge is -2.09. The molecule has 0 saturated heterocycles. The molecule has 1 saturated carbocycles. The number of hydrogen-bond acceptors (Lipinski definition) is 4. The zero-order valence-corrected chi connectivity index (χ0v) is 10.8. The average molecular weight is 259 g/mol. The van der Waals surface area contributed by atoms with Gasteiger partial charge in [-0.25, -0.2) is 13.1 Å². The van der Waals surface area contributed by atoms with Crippen molar-refractivity contribution in [3.8, 4) is 0 Å². The second-order valence-corrected chi connectivity index (χ2v) is 6.66. The van der Waals surface area contributed by atoms with Crippen molar-refractivity contribution in [1.82, 2.24) is 4.72 Å². The zero-order chi connectivity index (χ0) is 12.7. The van der Waals surface area contributed by atoms with Gasteiger partial charge in [-0.15, -0.1) is 0 Å². The number of furan rings is 1. The van der Waals surface area contributed by atoms with E-state index >= 15 is 0 Å². The highest BCUT2D eigenvalue weighted by molar-refractivity contribution is 7.89. The molecule has 0 radical (unpaired) electrons. The van der Waals surface area contributed by atoms with Gasteiger partial charge in [0.25, 0.3) is 0 Å². The summed E-state index contributed by atoms with van der Waals surface area (Å²) in [5, 5.41) is 8.90. The minimum atomic E-state index is -3.53. The number of aryl methyl sites for hydroxylation is 1. The van der Waals surface area contributed by atoms with Crippen LogP contribution in [0.15, 0.2) is 15.4 Å². The molecule has 0 amide bonds. The van der Waals surface area contributed by atoms with Crippen LogP contribution in [0.4, 0.5) is 0 Å². The summed E-state index contributed by atoms with van der Waals surface area (Å²) in [5.41, 5.74) is 0.116. The highest BCUT2D eigenvalue weighted by Gasteiger charge is 2.38. The molecule has 1 fully saturated rings. The monoisotopic (exact) mass is 259 g/mol. The molecule has 1 aliphatic rings. The maximum Gasteiger partial charge on any atom is 0.244 e. The van der Waals surface area contributed by atoms with Gasteiger partial charge >= 0.3 is 0 Å². The van der Waals surface area contributed by atoms with Crippen LogP contribution in [0, 0.1) is 12.3 Å². The van der Waals surface area contributed by atoms with E-state index in [1.807, 2.05) is 0 Å². The van der Waals surface area contributed by atoms with Crippen molar-refractivity contribution in [3.05, 3.63) is 17.6 Å². The molecule has 96 valence electrons. The molecule has 1 aliphatic carbocycles. The Balaban J connectivity index is 2.15. The molecular formula is C11H17NO4S. The Labute approximate surface area is 101 Å². The normalized spacial score (nSPS) is 18.3. The molecule has 5 nitrogen and oxygen atoms in total. The van der Waals surface area contributed by atoms with Gasteiger partial charge in [0, 0.05) is 12.6 Å². The Kier molecular flexibility index (Phi) is 3.05. The van der Waals surface area contributed by atoms with Crippen LogP contribution in [-0.2, 0) is 16.6 Å². The Hall–Kier alpha value is -0.850. The molecule has 0 unspecified atom stereocenters. The van der Waals surface area contributed by atoms with Gasteiger partial charge in [-0.3, -0.25) is 0 Å². The SMILES string of the molecule is Cc1oc(CO)cc1S(=O)(=O)NCC1(C)CC1. The lowest BCUT2D eigenvalue weighted by Crippen LogP contribution is -2.29. The quantitative estimate of drug-likeness (QED) is 0.831. The first kappa shape index (κ1) is 12.6. The molecule has 0 aliphatic heterocycles. The molecule has 0 bridgehead atoms. The standard InChI is InChI=1S/C11H17NO4S/c1-8-10(5-9(6-13)16-8)17(14,15)12-7-11(2)3-4-11/h5,12-13H,3-4,6-7H2,1-2H3. The van der Waals surface area contributed by atoms with Crippen LogP contribution in [0.25, 0.3) is 0 Å². The zero-order valence-electron chi connectivity index (χ0n) is 9.99. The summed E-state index contributed by atoms with van der Waals surface area (Å²) in [6.45, 7) is 3.78. The molecule has 0 aromatic carbocycles. The van der Waals surface area contributed by atoms with Crippen LogP contribution in [0.1, 0.15) is 31.3 Å². The first-order valence-corrected chi connectivity index (χ1v) is 7.04. The lowest BCUT2D eigenvalue weighted by atomic mass is 10.2. The molecule has 1 heterocycles. The fourth-order valence-corrected chi connectivity index (χ4v) is 3.01. The Bertz CT molecular complexity index is 514. The smallest absolute Gasteiger partial charge is 0.244 e. The second-order valence-electron chi connectivity index (χ2n) is 4.93. The number of nitrogens with one attached hydrogen (secondary N) is 1. The first-order chi connectivity index (χ1) is 7.86. The van der Waals surface area contributed by atoms with Crippen molar-refractivity contribution in [2.24, 2.45) is 5.41 Å². The van der Waals surface area contributed by atoms with Gasteiger partial charge in [-0.1, -0.05) is 6.92 Å². The summed E-state index contributed by atoms with van der Waals surface area (Å²) in [4.78, 5) is 0.116. The van der Waals surface area contributed by atoms with E-state index in [0.717, 1.165) is 12.8 Å². The molecule has 1 aromatic heterocycles. The first-order valence-electron chi connectivity index (χ1n) is 5.56. The van der Waals surface area contributed by atoms with Crippen LogP contribution in [-0.4, -0.2) is 20.1 Å². The minimum absolute atomic E-state index is 0.116. The van der Waals surface area contributed by atoms with Crippen molar-refractivity contribution < 1.29 is 17.9 Å². The molecule has 0 atom stereocenters. The van der Waals surface area contributed by atoms with Crippen molar-refractivity contribution >= 4 is 10.0 Å². The van der Waals surface area contributed by atoms with Crippen LogP contribution < -0.4 is 4.72 Å². The largest absolute Gasteiger partial charge is 0.462 e. The van der Waals surface area contributed by atoms with E-state index in [-0.39, 0.29) is 22.7 Å². The van der Waals surface area contributed by atoms with Crippen molar-refractivity contribution in [3.63, 3.8) is 0 Å². The summed E-state index contributed by atoms with van der Waals surface area (Å²) in [6.07, 6.45) is 2.11. The lowest BCUT2D eigenvalue weighted by molar-refractivity contribution is 0.244. The summed E-state index contributed by atoms with van der Waals surface area (Å²) in [6, 6.07) is 1.37. The van der Waals surface area contributed by atoms with Crippen molar-refractivity contribution in [2.75, 3.05) is 6.54 Å². The molecular weight excluding hydrogens is 242 g/mol. The van der Waals surface area contributed by atoms with E-state index in [9.17, 15) is 8.42 Å². The fourth-order valence-electron chi connectivity index (χ4n) is 1.61. The predicted octanol–water partition coefficient (Wildman–Crippen LogP) is 1.16. The Morgan fingerprint density at radius 3 is 2.65 bits per heavy atom. The molecule has 6 heteroatoms. The van der Waals surface area contributed by atoms with Crippen LogP contribution in [0.5, 0.6) is 0 Å². The van der Waals surface area contributed by atoms with E-state index in [0.29, 0.717) is 12.3 Å². The number of aliphatic hydroxyl groups excluding tert-OH is 1. The van der Waals surface area contributed by atoms with Gasteiger partial charge in [0.05, 0.1) is 0 Å². The summed E-state index contributed by atoms with van der Waals surface area (Å²) < 4.78 is 31.7. The topological polar surface area (TPSA) is 79.5 Å². The van der Waals surface area contributed by atoms with E-state index in [1.54, 1.807) is 6.92 Å². The third-order valence-electron chi connectivity index (χ3n) is 3.16. The Morgan fingerprint density at radius 1 is 1.53 bits per heavy atom. The molecule has 2 N–H and O–H groups in total. The second kappa shape index (κ2) is 4.12. The van der Waals surface area contributed by atoms with E-state index in [4.69, 9.17) is 9.52 Å². The highest BCUT2D eigenvalue weighted by atomic mass is 32.2.